The molecule has 1 nitrogen and oxygen atoms in total. The molecule has 1 rings (SSSR count). The van der Waals surface area contributed by atoms with Crippen LogP contribution >= 0.6 is 24.4 Å². The highest BCUT2D eigenvalue weighted by molar-refractivity contribution is 7.99. The fraction of sp³-hybridized carbons (Fsp3) is 1.00. The first-order chi connectivity index (χ1) is 5.43. The van der Waals surface area contributed by atoms with Gasteiger partial charge in [0, 0.05) is 18.5 Å². The molecule has 0 atom stereocenters. The zero-order chi connectivity index (χ0) is 7.94. The Morgan fingerprint density at radius 3 is 2.73 bits per heavy atom. The molecule has 1 heterocycles. The Morgan fingerprint density at radius 1 is 1.36 bits per heavy atom. The molecule has 0 aromatic rings. The molecule has 0 aromatic heterocycles. The monoisotopic (exact) mass is 192 g/mol. The van der Waals surface area contributed by atoms with Crippen LogP contribution in [0, 0.1) is 0 Å². The number of ether oxygens (including phenoxy) is 1. The number of hydrogen-bond acceptors (Lipinski definition) is 3. The summed E-state index contributed by atoms with van der Waals surface area (Å²) in [5.74, 6) is 2.30. The Kier molecular flexibility index (Phi) is 5.50. The van der Waals surface area contributed by atoms with Gasteiger partial charge in [0.25, 0.3) is 0 Å². The molecular weight excluding hydrogens is 176 g/mol. The molecule has 0 N–H and O–H groups in total. The normalized spacial score (nSPS) is 20.5. The smallest absolute Gasteiger partial charge is 0.0476 e. The standard InChI is InChI=1S/C8H16OS2/c10-6-1-7-11-8-2-4-9-5-3-8/h8,10H,1-7H2. The van der Waals surface area contributed by atoms with E-state index in [9.17, 15) is 0 Å². The van der Waals surface area contributed by atoms with Gasteiger partial charge in [0.2, 0.25) is 0 Å². The first kappa shape index (κ1) is 9.75. The van der Waals surface area contributed by atoms with Gasteiger partial charge in [0.05, 0.1) is 0 Å². The molecule has 0 amide bonds. The van der Waals surface area contributed by atoms with Crippen LogP contribution in [0.2, 0.25) is 0 Å². The lowest BCUT2D eigenvalue weighted by Gasteiger charge is -2.21. The summed E-state index contributed by atoms with van der Waals surface area (Å²) >= 11 is 6.27. The van der Waals surface area contributed by atoms with Crippen molar-refractivity contribution < 1.29 is 4.74 Å². The zero-order valence-corrected chi connectivity index (χ0v) is 8.50. The fourth-order valence-electron chi connectivity index (χ4n) is 1.16. The largest absolute Gasteiger partial charge is 0.381 e. The molecule has 0 aromatic carbocycles. The molecule has 11 heavy (non-hydrogen) atoms. The maximum Gasteiger partial charge on any atom is 0.0476 e. The number of rotatable bonds is 4. The van der Waals surface area contributed by atoms with Crippen LogP contribution in [0.3, 0.4) is 0 Å². The van der Waals surface area contributed by atoms with Crippen molar-refractivity contribution in [2.75, 3.05) is 24.7 Å². The van der Waals surface area contributed by atoms with Gasteiger partial charge in [-0.05, 0) is 30.8 Å². The first-order valence-electron chi connectivity index (χ1n) is 4.23. The summed E-state index contributed by atoms with van der Waals surface area (Å²) in [6.45, 7) is 1.94. The van der Waals surface area contributed by atoms with E-state index in [1.54, 1.807) is 0 Å². The van der Waals surface area contributed by atoms with Gasteiger partial charge in [-0.2, -0.15) is 24.4 Å². The minimum atomic E-state index is 0.864. The van der Waals surface area contributed by atoms with Crippen molar-refractivity contribution in [2.24, 2.45) is 0 Å². The highest BCUT2D eigenvalue weighted by atomic mass is 32.2. The van der Waals surface area contributed by atoms with E-state index < -0.39 is 0 Å². The van der Waals surface area contributed by atoms with E-state index in [4.69, 9.17) is 4.74 Å². The molecular formula is C8H16OS2. The maximum atomic E-state index is 5.28. The lowest BCUT2D eigenvalue weighted by Crippen LogP contribution is -2.17. The van der Waals surface area contributed by atoms with Crippen LogP contribution in [0.1, 0.15) is 19.3 Å². The van der Waals surface area contributed by atoms with E-state index in [0.717, 1.165) is 24.2 Å². The van der Waals surface area contributed by atoms with Crippen molar-refractivity contribution in [1.29, 1.82) is 0 Å². The van der Waals surface area contributed by atoms with Crippen molar-refractivity contribution in [3.63, 3.8) is 0 Å². The van der Waals surface area contributed by atoms with Crippen LogP contribution in [0.25, 0.3) is 0 Å². The summed E-state index contributed by atoms with van der Waals surface area (Å²) in [4.78, 5) is 0. The fourth-order valence-corrected chi connectivity index (χ4v) is 2.70. The summed E-state index contributed by atoms with van der Waals surface area (Å²) in [5.41, 5.74) is 0. The zero-order valence-electron chi connectivity index (χ0n) is 6.79. The summed E-state index contributed by atoms with van der Waals surface area (Å²) < 4.78 is 5.28. The lowest BCUT2D eigenvalue weighted by atomic mass is 10.2. The van der Waals surface area contributed by atoms with Crippen LogP contribution in [0.5, 0.6) is 0 Å². The third-order valence-corrected chi connectivity index (χ3v) is 3.61. The second-order valence-electron chi connectivity index (χ2n) is 2.76. The highest BCUT2D eigenvalue weighted by Crippen LogP contribution is 2.22. The van der Waals surface area contributed by atoms with Gasteiger partial charge >= 0.3 is 0 Å². The molecule has 1 fully saturated rings. The van der Waals surface area contributed by atoms with Crippen molar-refractivity contribution in [3.05, 3.63) is 0 Å². The average Bonchev–Trinajstić information content (AvgIpc) is 2.07. The Balaban J connectivity index is 1.96. The van der Waals surface area contributed by atoms with Crippen LogP contribution in [0.4, 0.5) is 0 Å². The summed E-state index contributed by atoms with van der Waals surface area (Å²) in [6.07, 6.45) is 3.74. The first-order valence-corrected chi connectivity index (χ1v) is 5.92. The van der Waals surface area contributed by atoms with Gasteiger partial charge in [0.15, 0.2) is 0 Å². The van der Waals surface area contributed by atoms with Crippen LogP contribution in [0.15, 0.2) is 0 Å². The molecule has 1 aliphatic rings. The Hall–Kier alpha value is 0.660. The van der Waals surface area contributed by atoms with Gasteiger partial charge in [-0.25, -0.2) is 0 Å². The summed E-state index contributed by atoms with van der Waals surface area (Å²) in [6, 6.07) is 0. The van der Waals surface area contributed by atoms with Crippen LogP contribution in [-0.4, -0.2) is 30.0 Å². The van der Waals surface area contributed by atoms with E-state index >= 15 is 0 Å². The molecule has 3 heteroatoms. The molecule has 0 radical (unpaired) electrons. The predicted molar refractivity (Wildman–Crippen MR) is 54.8 cm³/mol. The summed E-state index contributed by atoms with van der Waals surface area (Å²) in [5, 5.41) is 0.864. The Morgan fingerprint density at radius 2 is 2.09 bits per heavy atom. The quantitative estimate of drug-likeness (QED) is 0.540. The second kappa shape index (κ2) is 6.21. The van der Waals surface area contributed by atoms with Gasteiger partial charge < -0.3 is 4.74 Å². The third-order valence-electron chi connectivity index (χ3n) is 1.82. The number of thioether (sulfide) groups is 1. The van der Waals surface area contributed by atoms with Gasteiger partial charge in [0.1, 0.15) is 0 Å². The predicted octanol–water partition coefficient (Wildman–Crippen LogP) is 2.22. The molecule has 66 valence electrons. The van der Waals surface area contributed by atoms with Crippen molar-refractivity contribution in [1.82, 2.24) is 0 Å². The van der Waals surface area contributed by atoms with E-state index in [-0.39, 0.29) is 0 Å². The minimum absolute atomic E-state index is 0.864. The summed E-state index contributed by atoms with van der Waals surface area (Å²) in [7, 11) is 0. The maximum absolute atomic E-state index is 5.28. The third kappa shape index (κ3) is 4.28. The average molecular weight is 192 g/mol. The number of hydrogen-bond donors (Lipinski definition) is 1. The van der Waals surface area contributed by atoms with Gasteiger partial charge in [-0.1, -0.05) is 0 Å². The molecule has 1 saturated heterocycles. The van der Waals surface area contributed by atoms with E-state index in [1.165, 1.54) is 25.0 Å². The Labute approximate surface area is 78.7 Å². The highest BCUT2D eigenvalue weighted by Gasteiger charge is 2.12. The van der Waals surface area contributed by atoms with E-state index in [0.29, 0.717) is 0 Å². The molecule has 0 spiro atoms. The van der Waals surface area contributed by atoms with Crippen molar-refractivity contribution in [3.8, 4) is 0 Å². The molecule has 0 bridgehead atoms. The SMILES string of the molecule is SCCCSC1CCOCC1. The van der Waals surface area contributed by atoms with Crippen LogP contribution in [-0.2, 0) is 4.74 Å². The lowest BCUT2D eigenvalue weighted by molar-refractivity contribution is 0.100. The topological polar surface area (TPSA) is 9.23 Å². The second-order valence-corrected chi connectivity index (χ2v) is 4.62. The Bertz CT molecular complexity index is 92.1. The molecule has 0 aliphatic carbocycles. The van der Waals surface area contributed by atoms with Gasteiger partial charge in [-0.15, -0.1) is 0 Å². The molecule has 0 saturated carbocycles. The van der Waals surface area contributed by atoms with E-state index in [2.05, 4.69) is 24.4 Å². The molecule has 0 unspecified atom stereocenters. The minimum Gasteiger partial charge on any atom is -0.381 e. The van der Waals surface area contributed by atoms with E-state index in [1.807, 2.05) is 0 Å². The molecule has 1 aliphatic heterocycles. The van der Waals surface area contributed by atoms with Crippen molar-refractivity contribution >= 4 is 24.4 Å². The van der Waals surface area contributed by atoms with Crippen LogP contribution < -0.4 is 0 Å². The van der Waals surface area contributed by atoms with Crippen molar-refractivity contribution in [2.45, 2.75) is 24.5 Å². The van der Waals surface area contributed by atoms with Gasteiger partial charge in [-0.3, -0.25) is 0 Å². The number of thiol groups is 1.